The van der Waals surface area contributed by atoms with Crippen LogP contribution in [0.25, 0.3) is 0 Å². The van der Waals surface area contributed by atoms with Crippen LogP contribution < -0.4 is 0 Å². The van der Waals surface area contributed by atoms with Gasteiger partial charge >= 0.3 is 0 Å². The molecular weight excluding hydrogens is 262 g/mol. The van der Waals surface area contributed by atoms with Gasteiger partial charge in [-0.1, -0.05) is 36.7 Å². The minimum atomic E-state index is 0.508. The van der Waals surface area contributed by atoms with Crippen LogP contribution in [-0.2, 0) is 0 Å². The second-order valence-corrected chi connectivity index (χ2v) is 6.21. The topological polar surface area (TPSA) is 3.24 Å². The Morgan fingerprint density at radius 2 is 1.88 bits per heavy atom. The normalized spacial score (nSPS) is 24.4. The van der Waals surface area contributed by atoms with Crippen LogP contribution in [0.2, 0.25) is 0 Å². The molecule has 1 nitrogen and oxygen atoms in total. The molecule has 1 heterocycles. The number of nitrogens with zero attached hydrogens (tertiary/aromatic N) is 1. The van der Waals surface area contributed by atoms with Gasteiger partial charge in [-0.2, -0.15) is 0 Å². The van der Waals surface area contributed by atoms with Gasteiger partial charge in [-0.3, -0.25) is 0 Å². The van der Waals surface area contributed by atoms with Crippen LogP contribution >= 0.6 is 15.9 Å². The van der Waals surface area contributed by atoms with Gasteiger partial charge < -0.3 is 4.90 Å². The van der Waals surface area contributed by atoms with Crippen molar-refractivity contribution in [3.8, 4) is 0 Å². The van der Waals surface area contributed by atoms with E-state index in [2.05, 4.69) is 41.6 Å². The van der Waals surface area contributed by atoms with Gasteiger partial charge in [0.25, 0.3) is 0 Å². The summed E-state index contributed by atoms with van der Waals surface area (Å²) in [5.41, 5.74) is 0.508. The highest BCUT2D eigenvalue weighted by atomic mass is 79.9. The van der Waals surface area contributed by atoms with E-state index >= 15 is 0 Å². The summed E-state index contributed by atoms with van der Waals surface area (Å²) in [4.78, 5) is 2.71. The molecule has 96 valence electrons. The van der Waals surface area contributed by atoms with Crippen LogP contribution in [-0.4, -0.2) is 29.9 Å². The largest absolute Gasteiger partial charge is 0.303 e. The van der Waals surface area contributed by atoms with Gasteiger partial charge in [0, 0.05) is 11.9 Å². The molecule has 0 spiro atoms. The van der Waals surface area contributed by atoms with Crippen LogP contribution in [0.1, 0.15) is 52.9 Å². The second kappa shape index (κ2) is 7.00. The van der Waals surface area contributed by atoms with Crippen molar-refractivity contribution in [2.45, 2.75) is 52.9 Å². The maximum atomic E-state index is 3.72. The lowest BCUT2D eigenvalue weighted by molar-refractivity contribution is 0.161. The predicted molar refractivity (Wildman–Crippen MR) is 76.3 cm³/mol. The lowest BCUT2D eigenvalue weighted by Gasteiger charge is -2.35. The SMILES string of the molecule is CCC(CC)(CBr)CN1CCCC(C)CC1. The molecule has 0 aromatic carbocycles. The molecular formula is C14H28BrN. The summed E-state index contributed by atoms with van der Waals surface area (Å²) in [6, 6.07) is 0. The van der Waals surface area contributed by atoms with Crippen molar-refractivity contribution in [1.82, 2.24) is 4.90 Å². The first kappa shape index (κ1) is 14.5. The van der Waals surface area contributed by atoms with Gasteiger partial charge in [-0.15, -0.1) is 0 Å². The van der Waals surface area contributed by atoms with E-state index in [4.69, 9.17) is 0 Å². The Labute approximate surface area is 110 Å². The van der Waals surface area contributed by atoms with Crippen molar-refractivity contribution in [2.75, 3.05) is 25.0 Å². The van der Waals surface area contributed by atoms with Gasteiger partial charge in [0.1, 0.15) is 0 Å². The van der Waals surface area contributed by atoms with Gasteiger partial charge in [0.05, 0.1) is 0 Å². The van der Waals surface area contributed by atoms with Gasteiger partial charge in [0.15, 0.2) is 0 Å². The minimum Gasteiger partial charge on any atom is -0.303 e. The maximum Gasteiger partial charge on any atom is 0.01000 e. The molecule has 0 radical (unpaired) electrons. The molecule has 0 aliphatic carbocycles. The number of hydrogen-bond acceptors (Lipinski definition) is 1. The zero-order valence-corrected chi connectivity index (χ0v) is 12.9. The molecule has 0 aromatic heterocycles. The Hall–Kier alpha value is 0.440. The molecule has 16 heavy (non-hydrogen) atoms. The van der Waals surface area contributed by atoms with E-state index in [-0.39, 0.29) is 0 Å². The van der Waals surface area contributed by atoms with Crippen LogP contribution in [0.4, 0.5) is 0 Å². The molecule has 1 aliphatic rings. The zero-order valence-electron chi connectivity index (χ0n) is 11.3. The molecule has 0 aromatic rings. The van der Waals surface area contributed by atoms with Crippen molar-refractivity contribution >= 4 is 15.9 Å². The van der Waals surface area contributed by atoms with E-state index in [1.807, 2.05) is 0 Å². The summed E-state index contributed by atoms with van der Waals surface area (Å²) in [6.45, 7) is 11.0. The van der Waals surface area contributed by atoms with Crippen molar-refractivity contribution in [3.05, 3.63) is 0 Å². The fourth-order valence-electron chi connectivity index (χ4n) is 2.66. The fourth-order valence-corrected chi connectivity index (χ4v) is 3.63. The van der Waals surface area contributed by atoms with Gasteiger partial charge in [0.2, 0.25) is 0 Å². The predicted octanol–water partition coefficient (Wildman–Crippen LogP) is 4.31. The first-order chi connectivity index (χ1) is 7.65. The zero-order chi connectivity index (χ0) is 12.0. The van der Waals surface area contributed by atoms with Crippen molar-refractivity contribution in [1.29, 1.82) is 0 Å². The first-order valence-electron chi connectivity index (χ1n) is 6.94. The molecule has 1 unspecified atom stereocenters. The average molecular weight is 290 g/mol. The monoisotopic (exact) mass is 289 g/mol. The Bertz CT molecular complexity index is 181. The number of rotatable bonds is 5. The number of likely N-dealkylation sites (tertiary alicyclic amines) is 1. The van der Waals surface area contributed by atoms with Crippen molar-refractivity contribution < 1.29 is 0 Å². The third-order valence-corrected chi connectivity index (χ3v) is 5.64. The molecule has 1 fully saturated rings. The third kappa shape index (κ3) is 4.03. The Morgan fingerprint density at radius 1 is 1.19 bits per heavy atom. The molecule has 0 N–H and O–H groups in total. The summed E-state index contributed by atoms with van der Waals surface area (Å²) in [7, 11) is 0. The summed E-state index contributed by atoms with van der Waals surface area (Å²) in [6.07, 6.45) is 6.80. The summed E-state index contributed by atoms with van der Waals surface area (Å²) in [5.74, 6) is 0.937. The summed E-state index contributed by atoms with van der Waals surface area (Å²) >= 11 is 3.72. The molecule has 1 atom stereocenters. The molecule has 1 rings (SSSR count). The Balaban J connectivity index is 2.50. The smallest absolute Gasteiger partial charge is 0.01000 e. The molecule has 1 saturated heterocycles. The second-order valence-electron chi connectivity index (χ2n) is 5.65. The maximum absolute atomic E-state index is 3.72. The van der Waals surface area contributed by atoms with E-state index in [0.717, 1.165) is 11.2 Å². The van der Waals surface area contributed by atoms with Crippen LogP contribution in [0, 0.1) is 11.3 Å². The third-order valence-electron chi connectivity index (χ3n) is 4.45. The van der Waals surface area contributed by atoms with Crippen molar-refractivity contribution in [3.63, 3.8) is 0 Å². The van der Waals surface area contributed by atoms with Gasteiger partial charge in [-0.25, -0.2) is 0 Å². The lowest BCUT2D eigenvalue weighted by atomic mass is 9.84. The first-order valence-corrected chi connectivity index (χ1v) is 8.06. The highest BCUT2D eigenvalue weighted by molar-refractivity contribution is 9.09. The quantitative estimate of drug-likeness (QED) is 0.682. The molecule has 0 bridgehead atoms. The standard InChI is InChI=1S/C14H28BrN/c1-4-14(5-2,11-15)12-16-9-6-7-13(3)8-10-16/h13H,4-12H2,1-3H3. The number of alkyl halides is 1. The molecule has 0 amide bonds. The van der Waals surface area contributed by atoms with Crippen LogP contribution in [0.15, 0.2) is 0 Å². The average Bonchev–Trinajstić information content (AvgIpc) is 2.51. The van der Waals surface area contributed by atoms with Gasteiger partial charge in [-0.05, 0) is 56.5 Å². The van der Waals surface area contributed by atoms with E-state index in [9.17, 15) is 0 Å². The van der Waals surface area contributed by atoms with E-state index < -0.39 is 0 Å². The van der Waals surface area contributed by atoms with Crippen LogP contribution in [0.3, 0.4) is 0 Å². The Morgan fingerprint density at radius 3 is 2.44 bits per heavy atom. The van der Waals surface area contributed by atoms with E-state index in [1.54, 1.807) is 0 Å². The van der Waals surface area contributed by atoms with E-state index in [0.29, 0.717) is 5.41 Å². The highest BCUT2D eigenvalue weighted by Gasteiger charge is 2.28. The fraction of sp³-hybridized carbons (Fsp3) is 1.00. The molecule has 0 saturated carbocycles. The van der Waals surface area contributed by atoms with Crippen LogP contribution in [0.5, 0.6) is 0 Å². The molecule has 1 aliphatic heterocycles. The lowest BCUT2D eigenvalue weighted by Crippen LogP contribution is -2.39. The number of hydrogen-bond donors (Lipinski definition) is 0. The summed E-state index contributed by atoms with van der Waals surface area (Å²) < 4.78 is 0. The van der Waals surface area contributed by atoms with E-state index in [1.165, 1.54) is 51.7 Å². The number of halogens is 1. The minimum absolute atomic E-state index is 0.508. The Kier molecular flexibility index (Phi) is 6.35. The summed E-state index contributed by atoms with van der Waals surface area (Å²) in [5, 5.41) is 1.15. The highest BCUT2D eigenvalue weighted by Crippen LogP contribution is 2.31. The van der Waals surface area contributed by atoms with Crippen molar-refractivity contribution in [2.24, 2.45) is 11.3 Å². The molecule has 2 heteroatoms.